The van der Waals surface area contributed by atoms with Crippen molar-refractivity contribution < 1.29 is 24.2 Å². The second-order valence-corrected chi connectivity index (χ2v) is 5.91. The van der Waals surface area contributed by atoms with Crippen molar-refractivity contribution in [3.8, 4) is 11.5 Å². The zero-order chi connectivity index (χ0) is 17.8. The monoisotopic (exact) mass is 341 g/mol. The Labute approximate surface area is 145 Å². The highest BCUT2D eigenvalue weighted by molar-refractivity contribution is 5.95. The van der Waals surface area contributed by atoms with Crippen LogP contribution in [-0.4, -0.2) is 41.1 Å². The number of carboxylic acids is 1. The van der Waals surface area contributed by atoms with Gasteiger partial charge in [0, 0.05) is 11.1 Å². The van der Waals surface area contributed by atoms with Crippen molar-refractivity contribution in [1.29, 1.82) is 0 Å². The minimum absolute atomic E-state index is 0.0940. The average molecular weight is 341 g/mol. The lowest BCUT2D eigenvalue weighted by molar-refractivity contribution is -0.139. The maximum Gasteiger partial charge on any atom is 0.341 e. The van der Waals surface area contributed by atoms with Crippen LogP contribution in [0.3, 0.4) is 0 Å². The van der Waals surface area contributed by atoms with E-state index in [9.17, 15) is 9.59 Å². The summed E-state index contributed by atoms with van der Waals surface area (Å²) in [6.07, 6.45) is 0. The fourth-order valence-electron chi connectivity index (χ4n) is 2.72. The number of benzene rings is 2. The average Bonchev–Trinajstić information content (AvgIpc) is 2.79. The number of aliphatic carboxylic acids is 1. The summed E-state index contributed by atoms with van der Waals surface area (Å²) >= 11 is 0. The van der Waals surface area contributed by atoms with Gasteiger partial charge in [0.05, 0.1) is 12.6 Å². The van der Waals surface area contributed by atoms with Gasteiger partial charge < -0.3 is 19.5 Å². The number of carbonyl (C=O) groups excluding carboxylic acids is 1. The molecule has 2 aromatic carbocycles. The van der Waals surface area contributed by atoms with Crippen LogP contribution in [0.5, 0.6) is 11.5 Å². The van der Waals surface area contributed by atoms with Gasteiger partial charge in [-0.05, 0) is 31.2 Å². The van der Waals surface area contributed by atoms with E-state index in [1.807, 2.05) is 31.2 Å². The van der Waals surface area contributed by atoms with Crippen molar-refractivity contribution in [2.75, 3.05) is 13.2 Å². The molecule has 6 heteroatoms. The van der Waals surface area contributed by atoms with Crippen LogP contribution in [0.25, 0.3) is 0 Å². The van der Waals surface area contributed by atoms with Gasteiger partial charge in [-0.2, -0.15) is 0 Å². The minimum Gasteiger partial charge on any atom is -0.491 e. The zero-order valence-corrected chi connectivity index (χ0v) is 13.8. The highest BCUT2D eigenvalue weighted by atomic mass is 16.5. The van der Waals surface area contributed by atoms with Crippen LogP contribution in [0.15, 0.2) is 48.5 Å². The number of carbonyl (C=O) groups is 2. The van der Waals surface area contributed by atoms with E-state index in [2.05, 4.69) is 0 Å². The molecule has 0 bridgehead atoms. The van der Waals surface area contributed by atoms with Crippen LogP contribution in [0.4, 0.5) is 0 Å². The number of rotatable bonds is 4. The van der Waals surface area contributed by atoms with Crippen LogP contribution in [0.1, 0.15) is 22.8 Å². The first kappa shape index (κ1) is 16.8. The third kappa shape index (κ3) is 3.91. The van der Waals surface area contributed by atoms with Crippen molar-refractivity contribution in [1.82, 2.24) is 4.90 Å². The molecular weight excluding hydrogens is 322 g/mol. The molecule has 0 spiro atoms. The summed E-state index contributed by atoms with van der Waals surface area (Å²) < 4.78 is 10.9. The molecule has 2 aromatic rings. The van der Waals surface area contributed by atoms with E-state index < -0.39 is 12.6 Å². The summed E-state index contributed by atoms with van der Waals surface area (Å²) in [7, 11) is 0. The molecule has 0 unspecified atom stereocenters. The van der Waals surface area contributed by atoms with Gasteiger partial charge in [0.15, 0.2) is 6.61 Å². The quantitative estimate of drug-likeness (QED) is 0.925. The van der Waals surface area contributed by atoms with E-state index in [4.69, 9.17) is 14.6 Å². The Balaban J connectivity index is 1.82. The van der Waals surface area contributed by atoms with E-state index in [1.165, 1.54) is 0 Å². The first-order valence-corrected chi connectivity index (χ1v) is 8.01. The topological polar surface area (TPSA) is 76.1 Å². The summed E-state index contributed by atoms with van der Waals surface area (Å²) in [5, 5.41) is 8.70. The predicted molar refractivity (Wildman–Crippen MR) is 90.8 cm³/mol. The van der Waals surface area contributed by atoms with Crippen LogP contribution < -0.4 is 9.47 Å². The van der Waals surface area contributed by atoms with Gasteiger partial charge in [-0.15, -0.1) is 0 Å². The first-order valence-electron chi connectivity index (χ1n) is 8.01. The van der Waals surface area contributed by atoms with Gasteiger partial charge >= 0.3 is 5.97 Å². The Morgan fingerprint density at radius 1 is 1.24 bits per heavy atom. The lowest BCUT2D eigenvalue weighted by Crippen LogP contribution is -2.39. The van der Waals surface area contributed by atoms with E-state index in [0.29, 0.717) is 24.5 Å². The first-order chi connectivity index (χ1) is 12.0. The molecule has 0 saturated heterocycles. The number of hydrogen-bond acceptors (Lipinski definition) is 4. The summed E-state index contributed by atoms with van der Waals surface area (Å²) in [6.45, 7) is 2.36. The minimum atomic E-state index is -1.06. The summed E-state index contributed by atoms with van der Waals surface area (Å²) in [4.78, 5) is 25.3. The summed E-state index contributed by atoms with van der Waals surface area (Å²) in [6, 6.07) is 14.1. The number of carboxylic acid groups (broad SMARTS) is 1. The molecule has 0 radical (unpaired) electrons. The third-order valence-electron chi connectivity index (χ3n) is 4.03. The molecule has 1 heterocycles. The van der Waals surface area contributed by atoms with Crippen LogP contribution in [0, 0.1) is 0 Å². The molecule has 0 fully saturated rings. The molecule has 130 valence electrons. The lowest BCUT2D eigenvalue weighted by atomic mass is 10.1. The van der Waals surface area contributed by atoms with E-state index in [-0.39, 0.29) is 11.9 Å². The number of nitrogens with zero attached hydrogens (tertiary/aromatic N) is 1. The molecule has 1 atom stereocenters. The van der Waals surface area contributed by atoms with Crippen molar-refractivity contribution >= 4 is 11.9 Å². The number of fused-ring (bicyclic) bond motifs is 1. The highest BCUT2D eigenvalue weighted by Gasteiger charge is 2.26. The largest absolute Gasteiger partial charge is 0.491 e. The maximum absolute atomic E-state index is 13.0. The van der Waals surface area contributed by atoms with Gasteiger partial charge in [-0.1, -0.05) is 24.3 Å². The number of hydrogen-bond donors (Lipinski definition) is 1. The molecule has 1 N–H and O–H groups in total. The number of para-hydroxylation sites is 1. The molecule has 0 aromatic heterocycles. The summed E-state index contributed by atoms with van der Waals surface area (Å²) in [5.74, 6) is -0.0595. The van der Waals surface area contributed by atoms with Crippen molar-refractivity contribution in [3.05, 3.63) is 59.7 Å². The standard InChI is InChI=1S/C19H19NO5/c1-13-11-25-17-8-3-2-5-15(17)10-20(13)19(23)14-6-4-7-16(9-14)24-12-18(21)22/h2-9,13H,10-12H2,1H3,(H,21,22)/t13-/m1/s1. The van der Waals surface area contributed by atoms with Gasteiger partial charge in [-0.25, -0.2) is 4.79 Å². The normalized spacial score (nSPS) is 16.4. The van der Waals surface area contributed by atoms with E-state index in [0.717, 1.165) is 11.3 Å². The maximum atomic E-state index is 13.0. The Hall–Kier alpha value is -3.02. The molecule has 1 aliphatic heterocycles. The Morgan fingerprint density at radius 2 is 2.04 bits per heavy atom. The van der Waals surface area contributed by atoms with Gasteiger partial charge in [0.2, 0.25) is 0 Å². The molecule has 1 amide bonds. The Kier molecular flexibility index (Phi) is 4.88. The van der Waals surface area contributed by atoms with Crippen molar-refractivity contribution in [2.24, 2.45) is 0 Å². The third-order valence-corrected chi connectivity index (χ3v) is 4.03. The SMILES string of the molecule is C[C@@H]1COc2ccccc2CN1C(=O)c1cccc(OCC(=O)O)c1. The van der Waals surface area contributed by atoms with Crippen molar-refractivity contribution in [2.45, 2.75) is 19.5 Å². The fourth-order valence-corrected chi connectivity index (χ4v) is 2.72. The molecule has 3 rings (SSSR count). The molecule has 0 saturated carbocycles. The Bertz CT molecular complexity index is 789. The molecule has 0 aliphatic carbocycles. The van der Waals surface area contributed by atoms with E-state index in [1.54, 1.807) is 29.2 Å². The lowest BCUT2D eigenvalue weighted by Gasteiger charge is -2.26. The molecule has 25 heavy (non-hydrogen) atoms. The van der Waals surface area contributed by atoms with E-state index >= 15 is 0 Å². The fraction of sp³-hybridized carbons (Fsp3) is 0.263. The van der Waals surface area contributed by atoms with Gasteiger partial charge in [0.1, 0.15) is 18.1 Å². The van der Waals surface area contributed by atoms with Crippen LogP contribution in [0.2, 0.25) is 0 Å². The summed E-state index contributed by atoms with van der Waals surface area (Å²) in [5.41, 5.74) is 1.41. The second kappa shape index (κ2) is 7.25. The smallest absolute Gasteiger partial charge is 0.341 e. The van der Waals surface area contributed by atoms with Crippen LogP contribution >= 0.6 is 0 Å². The van der Waals surface area contributed by atoms with Crippen molar-refractivity contribution in [3.63, 3.8) is 0 Å². The second-order valence-electron chi connectivity index (χ2n) is 5.91. The molecule has 6 nitrogen and oxygen atoms in total. The van der Waals surface area contributed by atoms with Crippen LogP contribution in [-0.2, 0) is 11.3 Å². The van der Waals surface area contributed by atoms with Gasteiger partial charge in [-0.3, -0.25) is 4.79 Å². The zero-order valence-electron chi connectivity index (χ0n) is 13.8. The highest BCUT2D eigenvalue weighted by Crippen LogP contribution is 2.26. The number of ether oxygens (including phenoxy) is 2. The molecule has 1 aliphatic rings. The van der Waals surface area contributed by atoms with Gasteiger partial charge in [0.25, 0.3) is 5.91 Å². The number of amides is 1. The Morgan fingerprint density at radius 3 is 2.84 bits per heavy atom. The molecular formula is C19H19NO5. The predicted octanol–water partition coefficient (Wildman–Crippen LogP) is 2.57.